The lowest BCUT2D eigenvalue weighted by Crippen LogP contribution is -2.43. The summed E-state index contributed by atoms with van der Waals surface area (Å²) in [5, 5.41) is 4.69. The van der Waals surface area contributed by atoms with Gasteiger partial charge in [-0.2, -0.15) is 10.1 Å². The van der Waals surface area contributed by atoms with Crippen LogP contribution in [0.4, 0.5) is 5.95 Å². The number of nitrogens with one attached hydrogen (secondary N) is 2. The minimum absolute atomic E-state index is 0.0290. The second kappa shape index (κ2) is 13.7. The van der Waals surface area contributed by atoms with E-state index in [0.29, 0.717) is 0 Å². The van der Waals surface area contributed by atoms with Crippen LogP contribution in [0.3, 0.4) is 0 Å². The number of fused-ring (bicyclic) bond motifs is 3. The zero-order valence-corrected chi connectivity index (χ0v) is 30.2. The van der Waals surface area contributed by atoms with E-state index < -0.39 is 55.1 Å². The van der Waals surface area contributed by atoms with Crippen molar-refractivity contribution in [2.45, 2.75) is 77.1 Å². The van der Waals surface area contributed by atoms with E-state index in [0.717, 1.165) is 16.3 Å². The fourth-order valence-corrected chi connectivity index (χ4v) is 8.37. The number of nitrogens with two attached hydrogens (primary N) is 1. The summed E-state index contributed by atoms with van der Waals surface area (Å²) >= 11 is 0. The Morgan fingerprint density at radius 2 is 1.81 bits per heavy atom. The molecule has 274 valence electrons. The number of hydrogen-bond donors (Lipinski definition) is 3. The number of nitrogen functional groups attached to an aromatic ring is 1. The van der Waals surface area contributed by atoms with Crippen molar-refractivity contribution in [2.24, 2.45) is 5.92 Å². The number of aromatic nitrogens is 4. The molecule has 5 aromatic rings. The quantitative estimate of drug-likeness (QED) is 0.112. The van der Waals surface area contributed by atoms with Gasteiger partial charge >= 0.3 is 13.7 Å². The summed E-state index contributed by atoms with van der Waals surface area (Å²) in [5.41, 5.74) is 5.26. The van der Waals surface area contributed by atoms with Crippen LogP contribution in [-0.2, 0) is 39.4 Å². The highest BCUT2D eigenvalue weighted by molar-refractivity contribution is 7.52. The topological polar surface area (TPSA) is 191 Å². The fraction of sp³-hybridized carbons (Fsp3) is 0.389. The van der Waals surface area contributed by atoms with E-state index in [-0.39, 0.29) is 42.0 Å². The maximum Gasteiger partial charge on any atom is 0.459 e. The zero-order chi connectivity index (χ0) is 36.8. The van der Waals surface area contributed by atoms with E-state index in [1.165, 1.54) is 6.33 Å². The van der Waals surface area contributed by atoms with Crippen molar-refractivity contribution in [3.05, 3.63) is 95.0 Å². The highest BCUT2D eigenvalue weighted by atomic mass is 31.2. The summed E-state index contributed by atoms with van der Waals surface area (Å²) in [4.78, 5) is 37.1. The molecular weight excluding hydrogens is 691 g/mol. The van der Waals surface area contributed by atoms with Crippen LogP contribution < -0.4 is 20.9 Å². The lowest BCUT2D eigenvalue weighted by molar-refractivity contribution is -0.216. The molecule has 2 fully saturated rings. The fourth-order valence-electron chi connectivity index (χ4n) is 6.71. The first-order valence-corrected chi connectivity index (χ1v) is 18.4. The van der Waals surface area contributed by atoms with E-state index in [9.17, 15) is 14.2 Å². The van der Waals surface area contributed by atoms with Crippen molar-refractivity contribution in [1.82, 2.24) is 24.6 Å². The monoisotopic (exact) mass is 732 g/mol. The molecule has 4 heterocycles. The van der Waals surface area contributed by atoms with E-state index in [1.54, 1.807) is 51.3 Å². The van der Waals surface area contributed by atoms with E-state index >= 15 is 0 Å². The lowest BCUT2D eigenvalue weighted by Gasteiger charge is -2.30. The van der Waals surface area contributed by atoms with Gasteiger partial charge in [-0.3, -0.25) is 23.7 Å². The zero-order valence-electron chi connectivity index (χ0n) is 29.3. The first-order chi connectivity index (χ1) is 24.7. The molecule has 2 aromatic heterocycles. The first kappa shape index (κ1) is 35.8. The molecule has 16 heteroatoms. The first-order valence-electron chi connectivity index (χ1n) is 16.9. The van der Waals surface area contributed by atoms with Crippen molar-refractivity contribution in [1.29, 1.82) is 0 Å². The van der Waals surface area contributed by atoms with Crippen molar-refractivity contribution < 1.29 is 37.4 Å². The Labute approximate surface area is 299 Å². The molecule has 2 aliphatic rings. The number of imidazole rings is 1. The van der Waals surface area contributed by atoms with Gasteiger partial charge in [-0.05, 0) is 55.2 Å². The van der Waals surface area contributed by atoms with Gasteiger partial charge < -0.3 is 29.2 Å². The number of hydrogen-bond acceptors (Lipinski definition) is 12. The van der Waals surface area contributed by atoms with Crippen LogP contribution in [-0.4, -0.2) is 61.7 Å². The van der Waals surface area contributed by atoms with Crippen molar-refractivity contribution in [3.8, 4) is 5.75 Å². The molecule has 0 spiro atoms. The normalized spacial score (nSPS) is 24.2. The molecule has 0 saturated carbocycles. The molecule has 0 bridgehead atoms. The summed E-state index contributed by atoms with van der Waals surface area (Å²) in [6, 6.07) is 21.1. The van der Waals surface area contributed by atoms with Gasteiger partial charge in [0.2, 0.25) is 5.95 Å². The van der Waals surface area contributed by atoms with E-state index in [1.807, 2.05) is 60.7 Å². The average molecular weight is 733 g/mol. The highest BCUT2D eigenvalue weighted by Gasteiger charge is 2.64. The molecule has 0 radical (unpaired) electrons. The molecule has 2 aliphatic heterocycles. The van der Waals surface area contributed by atoms with Crippen LogP contribution in [0.15, 0.2) is 83.9 Å². The van der Waals surface area contributed by atoms with Crippen molar-refractivity contribution >= 4 is 41.6 Å². The molecule has 7 rings (SSSR count). The van der Waals surface area contributed by atoms with Gasteiger partial charge in [0, 0.05) is 0 Å². The number of esters is 1. The van der Waals surface area contributed by atoms with Crippen LogP contribution in [0.2, 0.25) is 0 Å². The Morgan fingerprint density at radius 1 is 1.08 bits per heavy atom. The maximum absolute atomic E-state index is 14.9. The molecule has 6 atom stereocenters. The number of H-pyrrole nitrogens is 1. The number of ether oxygens (including phenoxy) is 4. The van der Waals surface area contributed by atoms with Gasteiger partial charge in [0.15, 0.2) is 23.2 Å². The van der Waals surface area contributed by atoms with E-state index in [4.69, 9.17) is 33.7 Å². The largest absolute Gasteiger partial charge is 0.460 e. The minimum Gasteiger partial charge on any atom is -0.460 e. The minimum atomic E-state index is -4.37. The van der Waals surface area contributed by atoms with Crippen LogP contribution >= 0.6 is 7.75 Å². The van der Waals surface area contributed by atoms with Gasteiger partial charge in [-0.1, -0.05) is 74.5 Å². The predicted octanol–water partition coefficient (Wildman–Crippen LogP) is 5.22. The van der Waals surface area contributed by atoms with E-state index in [2.05, 4.69) is 20.0 Å². The maximum atomic E-state index is 14.9. The number of aromatic amines is 1. The molecule has 0 aliphatic carbocycles. The molecule has 4 N–H and O–H groups in total. The SMILES string of the molecule is CC(C)[C@H](NP(=O)(OC[C@H]1O[C@@H](n2cnc3c(=O)[nH]c(N)nc32)[C@]2(C)OC(C)(C)O[C@H]12)Oc1ccc2ccccc2c1)C(=O)OCc1ccccc1. The smallest absolute Gasteiger partial charge is 0.459 e. The summed E-state index contributed by atoms with van der Waals surface area (Å²) < 4.78 is 53.6. The highest BCUT2D eigenvalue weighted by Crippen LogP contribution is 2.53. The number of anilines is 1. The Morgan fingerprint density at radius 3 is 2.56 bits per heavy atom. The summed E-state index contributed by atoms with van der Waals surface area (Å²) in [6.45, 7) is 8.64. The average Bonchev–Trinajstić information content (AvgIpc) is 3.71. The Hall–Kier alpha value is -4.63. The Kier molecular flexibility index (Phi) is 9.44. The molecule has 3 aromatic carbocycles. The summed E-state index contributed by atoms with van der Waals surface area (Å²) in [5.74, 6) is -1.89. The standard InChI is InChI=1S/C36H41N6O9P/c1-21(2)27(32(44)46-18-22-11-7-6-8-12-22)41-52(45,50-25-16-15-23-13-9-10-14-24(23)17-25)47-19-26-29-36(5,51-35(3,4)49-29)33(48-26)42-20-38-28-30(42)39-34(37)40-31(28)43/h6-17,20-21,26-27,29,33H,18-19H2,1-5H3,(H,41,45)(H3,37,39,40,43)/t26-,27+,29-,33-,36-,52?/m1/s1. The Balaban J connectivity index is 1.18. The van der Waals surface area contributed by atoms with Crippen molar-refractivity contribution in [2.75, 3.05) is 12.3 Å². The number of rotatable bonds is 12. The molecule has 15 nitrogen and oxygen atoms in total. The van der Waals surface area contributed by atoms with Crippen molar-refractivity contribution in [3.63, 3.8) is 0 Å². The molecular formula is C36H41N6O9P. The lowest BCUT2D eigenvalue weighted by atomic mass is 9.96. The molecule has 0 amide bonds. The van der Waals surface area contributed by atoms with Crippen LogP contribution in [0, 0.1) is 5.92 Å². The number of benzene rings is 3. The summed E-state index contributed by atoms with van der Waals surface area (Å²) in [6.07, 6.45) is -1.14. The molecule has 1 unspecified atom stereocenters. The van der Waals surface area contributed by atoms with Crippen LogP contribution in [0.5, 0.6) is 5.75 Å². The third-order valence-corrected chi connectivity index (χ3v) is 10.6. The van der Waals surface area contributed by atoms with Gasteiger partial charge in [0.25, 0.3) is 5.56 Å². The van der Waals surface area contributed by atoms with Gasteiger partial charge in [0.1, 0.15) is 36.2 Å². The summed E-state index contributed by atoms with van der Waals surface area (Å²) in [7, 11) is -4.37. The van der Waals surface area contributed by atoms with Crippen LogP contribution in [0.25, 0.3) is 21.9 Å². The van der Waals surface area contributed by atoms with Gasteiger partial charge in [-0.15, -0.1) is 0 Å². The number of nitrogens with zero attached hydrogens (tertiary/aromatic N) is 3. The number of carbonyl (C=O) groups excluding carboxylic acids is 1. The predicted molar refractivity (Wildman–Crippen MR) is 191 cm³/mol. The second-order valence-corrected chi connectivity index (χ2v) is 15.6. The molecule has 52 heavy (non-hydrogen) atoms. The third-order valence-electron chi connectivity index (χ3n) is 9.07. The van der Waals surface area contributed by atoms with Gasteiger partial charge in [-0.25, -0.2) is 9.55 Å². The van der Waals surface area contributed by atoms with Crippen LogP contribution in [0.1, 0.15) is 46.4 Å². The molecule has 2 saturated heterocycles. The van der Waals surface area contributed by atoms with Gasteiger partial charge in [0.05, 0.1) is 12.9 Å². The number of carbonyl (C=O) groups is 1. The Bertz CT molecular complexity index is 2210. The third kappa shape index (κ3) is 7.07. The second-order valence-electron chi connectivity index (χ2n) is 13.9.